The van der Waals surface area contributed by atoms with Crippen molar-refractivity contribution < 1.29 is 4.92 Å². The molecular formula is C13H10ClNO2S. The Kier molecular flexibility index (Phi) is 4.23. The van der Waals surface area contributed by atoms with E-state index in [2.05, 4.69) is 0 Å². The molecule has 18 heavy (non-hydrogen) atoms. The molecule has 0 bridgehead atoms. The Labute approximate surface area is 114 Å². The Morgan fingerprint density at radius 2 is 1.83 bits per heavy atom. The van der Waals surface area contributed by atoms with Crippen molar-refractivity contribution >= 4 is 29.1 Å². The molecule has 3 nitrogen and oxygen atoms in total. The smallest absolute Gasteiger partial charge is 0.258 e. The summed E-state index contributed by atoms with van der Waals surface area (Å²) in [5.74, 6) is 0.488. The Bertz CT molecular complexity index is 557. The number of rotatable bonds is 4. The molecule has 0 atom stereocenters. The molecule has 0 aliphatic carbocycles. The van der Waals surface area contributed by atoms with Crippen molar-refractivity contribution in [3.05, 3.63) is 64.2 Å². The molecule has 0 amide bonds. The molecule has 5 heteroatoms. The van der Waals surface area contributed by atoms with E-state index >= 15 is 0 Å². The standard InChI is InChI=1S/C13H10ClNO2S/c14-9-10-4-6-12(7-5-10)18-13-3-1-2-11(8-13)15(16)17/h1-8H,9H2. The Balaban J connectivity index is 2.17. The Morgan fingerprint density at radius 1 is 1.11 bits per heavy atom. The van der Waals surface area contributed by atoms with Crippen LogP contribution in [0.25, 0.3) is 0 Å². The number of hydrogen-bond donors (Lipinski definition) is 0. The lowest BCUT2D eigenvalue weighted by Gasteiger charge is -2.02. The molecule has 0 radical (unpaired) electrons. The predicted octanol–water partition coefficient (Wildman–Crippen LogP) is 4.48. The lowest BCUT2D eigenvalue weighted by atomic mass is 10.2. The highest BCUT2D eigenvalue weighted by atomic mass is 35.5. The van der Waals surface area contributed by atoms with Crippen molar-refractivity contribution in [2.45, 2.75) is 15.7 Å². The van der Waals surface area contributed by atoms with Gasteiger partial charge >= 0.3 is 0 Å². The number of hydrogen-bond acceptors (Lipinski definition) is 3. The summed E-state index contributed by atoms with van der Waals surface area (Å²) in [6, 6.07) is 14.4. The predicted molar refractivity (Wildman–Crippen MR) is 73.2 cm³/mol. The van der Waals surface area contributed by atoms with Crippen molar-refractivity contribution in [3.8, 4) is 0 Å². The summed E-state index contributed by atoms with van der Waals surface area (Å²) in [5, 5.41) is 10.7. The maximum absolute atomic E-state index is 10.7. The molecule has 2 aromatic carbocycles. The first-order valence-corrected chi connectivity index (χ1v) is 6.61. The van der Waals surface area contributed by atoms with E-state index in [1.807, 2.05) is 30.3 Å². The van der Waals surface area contributed by atoms with E-state index in [1.54, 1.807) is 12.1 Å². The van der Waals surface area contributed by atoms with Gasteiger partial charge in [-0.2, -0.15) is 0 Å². The zero-order chi connectivity index (χ0) is 13.0. The number of alkyl halides is 1. The van der Waals surface area contributed by atoms with Gasteiger partial charge in [0.1, 0.15) is 0 Å². The van der Waals surface area contributed by atoms with E-state index in [9.17, 15) is 10.1 Å². The number of halogens is 1. The third-order valence-electron chi connectivity index (χ3n) is 2.34. The molecule has 0 fully saturated rings. The third kappa shape index (κ3) is 3.24. The van der Waals surface area contributed by atoms with E-state index < -0.39 is 0 Å². The number of non-ortho nitro benzene ring substituents is 1. The lowest BCUT2D eigenvalue weighted by Crippen LogP contribution is -1.87. The summed E-state index contributed by atoms with van der Waals surface area (Å²) in [6.07, 6.45) is 0. The molecule has 0 spiro atoms. The second-order valence-electron chi connectivity index (χ2n) is 3.63. The highest BCUT2D eigenvalue weighted by Crippen LogP contribution is 2.30. The van der Waals surface area contributed by atoms with Crippen LogP contribution in [-0.4, -0.2) is 4.92 Å². The van der Waals surface area contributed by atoms with Gasteiger partial charge in [-0.3, -0.25) is 10.1 Å². The topological polar surface area (TPSA) is 43.1 Å². The van der Waals surface area contributed by atoms with Gasteiger partial charge in [0, 0.05) is 27.8 Å². The number of nitro benzene ring substituents is 1. The quantitative estimate of drug-likeness (QED) is 0.471. The average molecular weight is 280 g/mol. The fraction of sp³-hybridized carbons (Fsp3) is 0.0769. The molecule has 2 rings (SSSR count). The monoisotopic (exact) mass is 279 g/mol. The fourth-order valence-corrected chi connectivity index (χ4v) is 2.49. The minimum absolute atomic E-state index is 0.109. The molecule has 0 unspecified atom stereocenters. The van der Waals surface area contributed by atoms with Crippen LogP contribution in [-0.2, 0) is 5.88 Å². The molecule has 0 heterocycles. The molecule has 0 saturated carbocycles. The van der Waals surface area contributed by atoms with E-state index in [0.29, 0.717) is 5.88 Å². The fourth-order valence-electron chi connectivity index (χ4n) is 1.44. The molecule has 0 aliphatic heterocycles. The van der Waals surface area contributed by atoms with Crippen LogP contribution in [0.1, 0.15) is 5.56 Å². The van der Waals surface area contributed by atoms with Gasteiger partial charge in [0.2, 0.25) is 0 Å². The number of benzene rings is 2. The van der Waals surface area contributed by atoms with Crippen molar-refractivity contribution in [3.63, 3.8) is 0 Å². The summed E-state index contributed by atoms with van der Waals surface area (Å²) in [6.45, 7) is 0. The second kappa shape index (κ2) is 5.89. The SMILES string of the molecule is O=[N+]([O-])c1cccc(Sc2ccc(CCl)cc2)c1. The zero-order valence-corrected chi connectivity index (χ0v) is 10.9. The van der Waals surface area contributed by atoms with E-state index in [4.69, 9.17) is 11.6 Å². The first kappa shape index (κ1) is 12.9. The van der Waals surface area contributed by atoms with Crippen LogP contribution in [0.3, 0.4) is 0 Å². The van der Waals surface area contributed by atoms with Crippen LogP contribution in [0, 0.1) is 10.1 Å². The summed E-state index contributed by atoms with van der Waals surface area (Å²) < 4.78 is 0. The first-order chi connectivity index (χ1) is 8.69. The molecule has 0 saturated heterocycles. The maximum Gasteiger partial charge on any atom is 0.270 e. The van der Waals surface area contributed by atoms with Crippen molar-refractivity contribution in [1.82, 2.24) is 0 Å². The van der Waals surface area contributed by atoms with Gasteiger partial charge in [0.25, 0.3) is 5.69 Å². The zero-order valence-electron chi connectivity index (χ0n) is 9.38. The first-order valence-electron chi connectivity index (χ1n) is 5.26. The van der Waals surface area contributed by atoms with Crippen LogP contribution in [0.5, 0.6) is 0 Å². The number of nitrogens with zero attached hydrogens (tertiary/aromatic N) is 1. The van der Waals surface area contributed by atoms with Crippen LogP contribution in [0.2, 0.25) is 0 Å². The van der Waals surface area contributed by atoms with Gasteiger partial charge in [0.15, 0.2) is 0 Å². The Morgan fingerprint density at radius 3 is 2.44 bits per heavy atom. The molecular weight excluding hydrogens is 270 g/mol. The Hall–Kier alpha value is -1.52. The van der Waals surface area contributed by atoms with Crippen molar-refractivity contribution in [1.29, 1.82) is 0 Å². The highest BCUT2D eigenvalue weighted by Gasteiger charge is 2.06. The van der Waals surface area contributed by atoms with Gasteiger partial charge in [0.05, 0.1) is 4.92 Å². The van der Waals surface area contributed by atoms with Gasteiger partial charge in [-0.25, -0.2) is 0 Å². The van der Waals surface area contributed by atoms with Gasteiger partial charge in [-0.1, -0.05) is 30.0 Å². The average Bonchev–Trinajstić information content (AvgIpc) is 2.40. The molecule has 2 aromatic rings. The molecule has 0 N–H and O–H groups in total. The van der Waals surface area contributed by atoms with Gasteiger partial charge in [-0.15, -0.1) is 11.6 Å². The van der Waals surface area contributed by atoms with Crippen LogP contribution in [0.15, 0.2) is 58.3 Å². The summed E-state index contributed by atoms with van der Waals surface area (Å²) in [4.78, 5) is 12.2. The molecule has 0 aliphatic rings. The van der Waals surface area contributed by atoms with E-state index in [-0.39, 0.29) is 10.6 Å². The molecule has 92 valence electrons. The number of nitro groups is 1. The van der Waals surface area contributed by atoms with Crippen molar-refractivity contribution in [2.24, 2.45) is 0 Å². The minimum atomic E-state index is -0.388. The maximum atomic E-state index is 10.7. The van der Waals surface area contributed by atoms with E-state index in [0.717, 1.165) is 15.4 Å². The van der Waals surface area contributed by atoms with Crippen LogP contribution < -0.4 is 0 Å². The van der Waals surface area contributed by atoms with Crippen LogP contribution >= 0.6 is 23.4 Å². The van der Waals surface area contributed by atoms with Crippen LogP contribution in [0.4, 0.5) is 5.69 Å². The van der Waals surface area contributed by atoms with Gasteiger partial charge in [-0.05, 0) is 23.8 Å². The normalized spacial score (nSPS) is 10.3. The third-order valence-corrected chi connectivity index (χ3v) is 3.65. The van der Waals surface area contributed by atoms with Crippen molar-refractivity contribution in [2.75, 3.05) is 0 Å². The largest absolute Gasteiger partial charge is 0.270 e. The summed E-state index contributed by atoms with van der Waals surface area (Å²) in [5.41, 5.74) is 1.16. The lowest BCUT2D eigenvalue weighted by molar-refractivity contribution is -0.385. The van der Waals surface area contributed by atoms with Gasteiger partial charge < -0.3 is 0 Å². The summed E-state index contributed by atoms with van der Waals surface area (Å²) in [7, 11) is 0. The second-order valence-corrected chi connectivity index (χ2v) is 5.05. The molecule has 0 aromatic heterocycles. The highest BCUT2D eigenvalue weighted by molar-refractivity contribution is 7.99. The minimum Gasteiger partial charge on any atom is -0.258 e. The van der Waals surface area contributed by atoms with E-state index in [1.165, 1.54) is 17.8 Å². The summed E-state index contributed by atoms with van der Waals surface area (Å²) >= 11 is 7.20.